The molecule has 3 rings (SSSR count). The minimum Gasteiger partial charge on any atom is -0.299 e. The SMILES string of the molecule is Cc1cc(-c2ccc(CC(=O)CCCc3ccc(C#N)cc3)cc2)ccn1. The molecule has 27 heavy (non-hydrogen) atoms. The molecule has 0 saturated heterocycles. The summed E-state index contributed by atoms with van der Waals surface area (Å²) in [5.74, 6) is 0.260. The van der Waals surface area contributed by atoms with Crippen LogP contribution >= 0.6 is 0 Å². The fourth-order valence-corrected chi connectivity index (χ4v) is 3.09. The second-order valence-corrected chi connectivity index (χ2v) is 6.76. The average Bonchev–Trinajstić information content (AvgIpc) is 2.69. The van der Waals surface area contributed by atoms with Crippen LogP contribution in [0.3, 0.4) is 0 Å². The van der Waals surface area contributed by atoms with Gasteiger partial charge in [-0.2, -0.15) is 5.26 Å². The topological polar surface area (TPSA) is 53.8 Å². The van der Waals surface area contributed by atoms with Gasteiger partial charge in [0.25, 0.3) is 0 Å². The number of hydrogen-bond donors (Lipinski definition) is 0. The highest BCUT2D eigenvalue weighted by Crippen LogP contribution is 2.20. The normalized spacial score (nSPS) is 10.4. The molecule has 0 aliphatic heterocycles. The lowest BCUT2D eigenvalue weighted by Crippen LogP contribution is -2.03. The molecule has 0 N–H and O–H groups in total. The first-order valence-electron chi connectivity index (χ1n) is 9.17. The third-order valence-corrected chi connectivity index (χ3v) is 4.59. The zero-order valence-corrected chi connectivity index (χ0v) is 15.5. The predicted molar refractivity (Wildman–Crippen MR) is 107 cm³/mol. The Bertz CT molecular complexity index is 951. The van der Waals surface area contributed by atoms with Crippen molar-refractivity contribution in [3.8, 4) is 17.2 Å². The van der Waals surface area contributed by atoms with Crippen LogP contribution < -0.4 is 0 Å². The Hall–Kier alpha value is -3.25. The molecule has 0 aliphatic carbocycles. The maximum Gasteiger partial charge on any atom is 0.137 e. The van der Waals surface area contributed by atoms with Gasteiger partial charge in [0.2, 0.25) is 0 Å². The van der Waals surface area contributed by atoms with Gasteiger partial charge in [-0.25, -0.2) is 0 Å². The number of rotatable bonds is 7. The van der Waals surface area contributed by atoms with Crippen molar-refractivity contribution in [1.29, 1.82) is 5.26 Å². The van der Waals surface area contributed by atoms with Crippen LogP contribution in [0.4, 0.5) is 0 Å². The van der Waals surface area contributed by atoms with E-state index in [0.717, 1.165) is 35.2 Å². The molecular formula is C24H22N2O. The Morgan fingerprint density at radius 2 is 1.67 bits per heavy atom. The van der Waals surface area contributed by atoms with Crippen molar-refractivity contribution in [2.45, 2.75) is 32.6 Å². The van der Waals surface area contributed by atoms with Crippen molar-refractivity contribution in [2.24, 2.45) is 0 Å². The summed E-state index contributed by atoms with van der Waals surface area (Å²) in [4.78, 5) is 16.5. The van der Waals surface area contributed by atoms with E-state index in [1.807, 2.05) is 55.6 Å². The van der Waals surface area contributed by atoms with Crippen LogP contribution in [0.2, 0.25) is 0 Å². The van der Waals surface area contributed by atoms with Gasteiger partial charge in [-0.15, -0.1) is 0 Å². The fraction of sp³-hybridized carbons (Fsp3) is 0.208. The minimum atomic E-state index is 0.260. The van der Waals surface area contributed by atoms with Gasteiger partial charge in [0.1, 0.15) is 5.78 Å². The largest absolute Gasteiger partial charge is 0.299 e. The number of aryl methyl sites for hydroxylation is 2. The Morgan fingerprint density at radius 3 is 2.33 bits per heavy atom. The lowest BCUT2D eigenvalue weighted by Gasteiger charge is -2.06. The Balaban J connectivity index is 1.49. The lowest BCUT2D eigenvalue weighted by molar-refractivity contribution is -0.118. The van der Waals surface area contributed by atoms with Crippen LogP contribution in [0.1, 0.15) is 35.2 Å². The van der Waals surface area contributed by atoms with Gasteiger partial charge in [-0.3, -0.25) is 9.78 Å². The van der Waals surface area contributed by atoms with Gasteiger partial charge < -0.3 is 0 Å². The summed E-state index contributed by atoms with van der Waals surface area (Å²) in [6.45, 7) is 1.98. The molecule has 0 bridgehead atoms. The number of carbonyl (C=O) groups is 1. The van der Waals surface area contributed by atoms with Crippen molar-refractivity contribution in [1.82, 2.24) is 4.98 Å². The highest BCUT2D eigenvalue weighted by atomic mass is 16.1. The summed E-state index contributed by atoms with van der Waals surface area (Å²) in [5.41, 5.74) is 6.15. The number of ketones is 1. The number of hydrogen-bond acceptors (Lipinski definition) is 3. The number of pyridine rings is 1. The zero-order chi connectivity index (χ0) is 19.1. The maximum atomic E-state index is 12.3. The van der Waals surface area contributed by atoms with E-state index in [1.165, 1.54) is 5.56 Å². The van der Waals surface area contributed by atoms with Crippen LogP contribution in [0, 0.1) is 18.3 Å². The lowest BCUT2D eigenvalue weighted by atomic mass is 9.99. The average molecular weight is 354 g/mol. The van der Waals surface area contributed by atoms with Crippen molar-refractivity contribution in [3.05, 3.63) is 89.2 Å². The third-order valence-electron chi connectivity index (χ3n) is 4.59. The van der Waals surface area contributed by atoms with E-state index in [4.69, 9.17) is 5.26 Å². The first-order chi connectivity index (χ1) is 13.1. The van der Waals surface area contributed by atoms with Gasteiger partial charge in [0, 0.05) is 24.7 Å². The molecule has 0 saturated carbocycles. The molecule has 1 aromatic heterocycles. The molecule has 0 unspecified atom stereocenters. The minimum absolute atomic E-state index is 0.260. The fourth-order valence-electron chi connectivity index (χ4n) is 3.09. The molecule has 0 amide bonds. The van der Waals surface area contributed by atoms with Gasteiger partial charge in [-0.1, -0.05) is 36.4 Å². The van der Waals surface area contributed by atoms with Crippen molar-refractivity contribution < 1.29 is 4.79 Å². The molecule has 134 valence electrons. The number of benzene rings is 2. The molecule has 0 aliphatic rings. The summed E-state index contributed by atoms with van der Waals surface area (Å²) >= 11 is 0. The molecule has 3 heteroatoms. The van der Waals surface area contributed by atoms with Crippen molar-refractivity contribution in [3.63, 3.8) is 0 Å². The van der Waals surface area contributed by atoms with E-state index < -0.39 is 0 Å². The van der Waals surface area contributed by atoms with Gasteiger partial charge in [0.05, 0.1) is 11.6 Å². The Labute approximate surface area is 160 Å². The monoisotopic (exact) mass is 354 g/mol. The van der Waals surface area contributed by atoms with Gasteiger partial charge in [0.15, 0.2) is 0 Å². The number of nitriles is 1. The first kappa shape index (κ1) is 18.5. The van der Waals surface area contributed by atoms with Crippen LogP contribution in [-0.2, 0) is 17.6 Å². The predicted octanol–water partition coefficient (Wildman–Crippen LogP) is 5.06. The second-order valence-electron chi connectivity index (χ2n) is 6.76. The molecule has 0 radical (unpaired) electrons. The van der Waals surface area contributed by atoms with E-state index in [9.17, 15) is 4.79 Å². The van der Waals surface area contributed by atoms with E-state index >= 15 is 0 Å². The van der Waals surface area contributed by atoms with Crippen LogP contribution in [0.5, 0.6) is 0 Å². The molecule has 3 nitrogen and oxygen atoms in total. The standard InChI is InChI=1S/C24H22N2O/c1-18-15-23(13-14-26-18)22-11-9-20(10-12-22)16-24(27)4-2-3-19-5-7-21(17-25)8-6-19/h5-15H,2-4,16H2,1H3. The molecular weight excluding hydrogens is 332 g/mol. The molecule has 0 spiro atoms. The number of nitrogens with zero attached hydrogens (tertiary/aromatic N) is 2. The quantitative estimate of drug-likeness (QED) is 0.596. The van der Waals surface area contributed by atoms with E-state index in [2.05, 4.69) is 29.3 Å². The Kier molecular flexibility index (Phi) is 6.12. The number of carbonyl (C=O) groups excluding carboxylic acids is 1. The summed E-state index contributed by atoms with van der Waals surface area (Å²) in [6, 6.07) is 21.9. The molecule has 3 aromatic rings. The van der Waals surface area contributed by atoms with E-state index in [0.29, 0.717) is 18.4 Å². The number of Topliss-reactive ketones (excluding diaryl/α,β-unsaturated/α-hetero) is 1. The summed E-state index contributed by atoms with van der Waals surface area (Å²) < 4.78 is 0. The molecule has 2 aromatic carbocycles. The summed E-state index contributed by atoms with van der Waals surface area (Å²) in [7, 11) is 0. The van der Waals surface area contributed by atoms with E-state index in [1.54, 1.807) is 0 Å². The Morgan fingerprint density at radius 1 is 0.963 bits per heavy atom. The first-order valence-corrected chi connectivity index (χ1v) is 9.17. The van der Waals surface area contributed by atoms with Crippen LogP contribution in [0.15, 0.2) is 66.9 Å². The highest BCUT2D eigenvalue weighted by molar-refractivity contribution is 5.81. The molecule has 0 atom stereocenters. The van der Waals surface area contributed by atoms with Crippen molar-refractivity contribution in [2.75, 3.05) is 0 Å². The smallest absolute Gasteiger partial charge is 0.137 e. The summed E-state index contributed by atoms with van der Waals surface area (Å²) in [6.07, 6.45) is 4.56. The zero-order valence-electron chi connectivity index (χ0n) is 15.5. The molecule has 1 heterocycles. The van der Waals surface area contributed by atoms with Crippen LogP contribution in [-0.4, -0.2) is 10.8 Å². The maximum absolute atomic E-state index is 12.3. The summed E-state index contributed by atoms with van der Waals surface area (Å²) in [5, 5.41) is 8.81. The van der Waals surface area contributed by atoms with Gasteiger partial charge in [-0.05, 0) is 66.3 Å². The van der Waals surface area contributed by atoms with Crippen LogP contribution in [0.25, 0.3) is 11.1 Å². The van der Waals surface area contributed by atoms with Crippen molar-refractivity contribution >= 4 is 5.78 Å². The van der Waals surface area contributed by atoms with E-state index in [-0.39, 0.29) is 5.78 Å². The molecule has 0 fully saturated rings. The van der Waals surface area contributed by atoms with Gasteiger partial charge >= 0.3 is 0 Å². The highest BCUT2D eigenvalue weighted by Gasteiger charge is 2.05. The third kappa shape index (κ3) is 5.36. The second kappa shape index (κ2) is 8.91. The number of aromatic nitrogens is 1.